The van der Waals surface area contributed by atoms with Crippen molar-refractivity contribution in [1.82, 2.24) is 0 Å². The van der Waals surface area contributed by atoms with Crippen molar-refractivity contribution in [3.8, 4) is 0 Å². The van der Waals surface area contributed by atoms with Crippen molar-refractivity contribution < 1.29 is 5.21 Å². The van der Waals surface area contributed by atoms with Crippen molar-refractivity contribution in [1.29, 1.82) is 0 Å². The van der Waals surface area contributed by atoms with Crippen molar-refractivity contribution >= 4 is 10.0 Å². The Labute approximate surface area is 60.4 Å². The second-order valence-corrected chi connectivity index (χ2v) is 2.61. The molecule has 0 saturated heterocycles. The highest BCUT2D eigenvalue weighted by atomic mass is 28.1. The minimum absolute atomic E-state index is 0.898. The molecular weight excluding hydrogens is 130 g/mol. The van der Waals surface area contributed by atoms with Gasteiger partial charge in [-0.25, -0.2) is 0 Å². The van der Waals surface area contributed by atoms with Crippen LogP contribution in [0.1, 0.15) is 33.6 Å². The second-order valence-electron chi connectivity index (χ2n) is 2.32. The summed E-state index contributed by atoms with van der Waals surface area (Å²) in [5, 5.41) is 7.21. The van der Waals surface area contributed by atoms with Crippen molar-refractivity contribution in [3.63, 3.8) is 0 Å². The van der Waals surface area contributed by atoms with Crippen LogP contribution in [0.15, 0.2) is 4.80 Å². The SMILES string of the molecule is CCCC(C)C.ON=[SiH2]. The molecule has 0 heterocycles. The number of hydrogen-bond acceptors (Lipinski definition) is 2. The van der Waals surface area contributed by atoms with Crippen LogP contribution in [0.4, 0.5) is 0 Å². The van der Waals surface area contributed by atoms with Crippen LogP contribution >= 0.6 is 0 Å². The maximum atomic E-state index is 7.21. The zero-order chi connectivity index (χ0) is 7.70. The molecule has 56 valence electrons. The summed E-state index contributed by atoms with van der Waals surface area (Å²) in [5.41, 5.74) is 0. The fourth-order valence-electron chi connectivity index (χ4n) is 0.577. The first kappa shape index (κ1) is 11.6. The molecule has 0 saturated carbocycles. The predicted molar refractivity (Wildman–Crippen MR) is 42.5 cm³/mol. The van der Waals surface area contributed by atoms with E-state index in [1.807, 2.05) is 0 Å². The standard InChI is InChI=1S/C6H14.H3NOSi/c1-4-5-6(2)3;2-1-3/h6H,4-5H2,1-3H3;2H,3H2. The largest absolute Gasteiger partial charge is 0.422 e. The molecule has 0 unspecified atom stereocenters. The van der Waals surface area contributed by atoms with E-state index < -0.39 is 0 Å². The molecule has 3 heteroatoms. The highest BCUT2D eigenvalue weighted by molar-refractivity contribution is 5.91. The summed E-state index contributed by atoms with van der Waals surface area (Å²) >= 11 is 0. The topological polar surface area (TPSA) is 32.6 Å². The van der Waals surface area contributed by atoms with Crippen LogP contribution in [0.5, 0.6) is 0 Å². The highest BCUT2D eigenvalue weighted by Gasteiger charge is 1.85. The number of hydrogen-bond donors (Lipinski definition) is 1. The summed E-state index contributed by atoms with van der Waals surface area (Å²) in [6, 6.07) is 0. The van der Waals surface area contributed by atoms with Gasteiger partial charge in [-0.15, -0.1) is 0 Å². The van der Waals surface area contributed by atoms with Crippen molar-refractivity contribution in [2.75, 3.05) is 0 Å². The highest BCUT2D eigenvalue weighted by Crippen LogP contribution is 2.00. The van der Waals surface area contributed by atoms with Gasteiger partial charge in [0.2, 0.25) is 0 Å². The van der Waals surface area contributed by atoms with Crippen LogP contribution in [0, 0.1) is 5.92 Å². The van der Waals surface area contributed by atoms with Gasteiger partial charge in [-0.05, 0) is 5.92 Å². The molecule has 0 aliphatic heterocycles. The normalized spacial score (nSPS) is 8.00. The molecule has 0 fully saturated rings. The third-order valence-electron chi connectivity index (χ3n) is 0.866. The fraction of sp³-hybridized carbons (Fsp3) is 1.00. The first-order chi connectivity index (χ1) is 4.18. The van der Waals surface area contributed by atoms with Crippen LogP contribution in [-0.2, 0) is 0 Å². The minimum Gasteiger partial charge on any atom is -0.422 e. The Morgan fingerprint density at radius 3 is 1.89 bits per heavy atom. The third kappa shape index (κ3) is 33.3. The Bertz CT molecular complexity index is 57.0. The molecule has 0 atom stereocenters. The third-order valence-corrected chi connectivity index (χ3v) is 0.866. The molecule has 9 heavy (non-hydrogen) atoms. The van der Waals surface area contributed by atoms with Gasteiger partial charge >= 0.3 is 0 Å². The van der Waals surface area contributed by atoms with E-state index >= 15 is 0 Å². The Morgan fingerprint density at radius 2 is 1.89 bits per heavy atom. The molecule has 0 rings (SSSR count). The van der Waals surface area contributed by atoms with Crippen LogP contribution in [0.25, 0.3) is 0 Å². The molecule has 0 aliphatic carbocycles. The lowest BCUT2D eigenvalue weighted by molar-refractivity contribution is 0.326. The van der Waals surface area contributed by atoms with Crippen molar-refractivity contribution in [3.05, 3.63) is 0 Å². The van der Waals surface area contributed by atoms with Gasteiger partial charge in [-0.1, -0.05) is 33.6 Å². The molecule has 0 bridgehead atoms. The Kier molecular flexibility index (Phi) is 13.8. The molecule has 0 aromatic rings. The fourth-order valence-corrected chi connectivity index (χ4v) is 0.577. The molecule has 0 aromatic heterocycles. The van der Waals surface area contributed by atoms with Crippen molar-refractivity contribution in [2.45, 2.75) is 33.6 Å². The minimum atomic E-state index is 0.898. The summed E-state index contributed by atoms with van der Waals surface area (Å²) < 4.78 is 0. The van der Waals surface area contributed by atoms with Gasteiger partial charge in [0.05, 0.1) is 0 Å². The summed E-state index contributed by atoms with van der Waals surface area (Å²) in [4.78, 5) is 2.53. The first-order valence-electron chi connectivity index (χ1n) is 3.29. The number of rotatable bonds is 2. The van der Waals surface area contributed by atoms with E-state index in [2.05, 4.69) is 25.6 Å². The van der Waals surface area contributed by atoms with Gasteiger partial charge in [-0.2, -0.15) is 4.80 Å². The molecule has 0 spiro atoms. The van der Waals surface area contributed by atoms with E-state index in [1.54, 1.807) is 0 Å². The van der Waals surface area contributed by atoms with E-state index in [9.17, 15) is 0 Å². The predicted octanol–water partition coefficient (Wildman–Crippen LogP) is 1.63. The Morgan fingerprint density at radius 1 is 1.56 bits per heavy atom. The molecule has 0 aliphatic rings. The Hall–Kier alpha value is -0.183. The van der Waals surface area contributed by atoms with Crippen LogP contribution < -0.4 is 0 Å². The zero-order valence-corrected chi connectivity index (χ0v) is 8.01. The van der Waals surface area contributed by atoms with Crippen molar-refractivity contribution in [2.24, 2.45) is 10.7 Å². The molecule has 0 aromatic carbocycles. The monoisotopic (exact) mass is 147 g/mol. The van der Waals surface area contributed by atoms with E-state index in [0.29, 0.717) is 0 Å². The summed E-state index contributed by atoms with van der Waals surface area (Å²) in [6.45, 7) is 6.73. The maximum Gasteiger partial charge on any atom is 0.148 e. The molecule has 1 N–H and O–H groups in total. The van der Waals surface area contributed by atoms with Crippen LogP contribution in [-0.4, -0.2) is 15.2 Å². The first-order valence-corrected chi connectivity index (χ1v) is 3.92. The van der Waals surface area contributed by atoms with Gasteiger partial charge in [0.15, 0.2) is 0 Å². The lowest BCUT2D eigenvalue weighted by Crippen LogP contribution is -1.81. The van der Waals surface area contributed by atoms with Gasteiger partial charge in [0.25, 0.3) is 0 Å². The van der Waals surface area contributed by atoms with Gasteiger partial charge in [0, 0.05) is 0 Å². The molecule has 0 amide bonds. The zero-order valence-electron chi connectivity index (χ0n) is 6.59. The summed E-state index contributed by atoms with van der Waals surface area (Å²) in [6.07, 6.45) is 2.71. The Balaban J connectivity index is 0. The number of nitrogens with zero attached hydrogens (tertiary/aromatic N) is 1. The summed E-state index contributed by atoms with van der Waals surface area (Å²) in [7, 11) is 1.15. The summed E-state index contributed by atoms with van der Waals surface area (Å²) in [5.74, 6) is 0.898. The van der Waals surface area contributed by atoms with Gasteiger partial charge in [-0.3, -0.25) is 0 Å². The van der Waals surface area contributed by atoms with Crippen LogP contribution in [0.3, 0.4) is 0 Å². The molecule has 0 radical (unpaired) electrons. The van der Waals surface area contributed by atoms with E-state index in [4.69, 9.17) is 5.21 Å². The van der Waals surface area contributed by atoms with E-state index in [1.165, 1.54) is 12.8 Å². The quantitative estimate of drug-likeness (QED) is 0.467. The second kappa shape index (κ2) is 10.7. The smallest absolute Gasteiger partial charge is 0.148 e. The van der Waals surface area contributed by atoms with Crippen LogP contribution in [0.2, 0.25) is 0 Å². The maximum absolute atomic E-state index is 7.21. The molecule has 2 nitrogen and oxygen atoms in total. The van der Waals surface area contributed by atoms with Gasteiger partial charge in [0.1, 0.15) is 10.0 Å². The average Bonchev–Trinajstić information content (AvgIpc) is 1.67. The average molecular weight is 147 g/mol. The lowest BCUT2D eigenvalue weighted by atomic mass is 10.1. The van der Waals surface area contributed by atoms with Gasteiger partial charge < -0.3 is 5.21 Å². The molecular formula is C6H17NOSi. The van der Waals surface area contributed by atoms with E-state index in [0.717, 1.165) is 16.0 Å². The van der Waals surface area contributed by atoms with E-state index in [-0.39, 0.29) is 0 Å². The lowest BCUT2D eigenvalue weighted by Gasteiger charge is -1.95.